The lowest BCUT2D eigenvalue weighted by Gasteiger charge is -2.34. The smallest absolute Gasteiger partial charge is 0.410 e. The van der Waals surface area contributed by atoms with Crippen LogP contribution in [0.2, 0.25) is 0 Å². The van der Waals surface area contributed by atoms with Crippen molar-refractivity contribution in [1.29, 1.82) is 0 Å². The normalized spacial score (nSPS) is 13.3. The van der Waals surface area contributed by atoms with Crippen molar-refractivity contribution in [3.63, 3.8) is 0 Å². The third-order valence-electron chi connectivity index (χ3n) is 3.42. The largest absolute Gasteiger partial charge is 0.480 e. The first kappa shape index (κ1) is 16.0. The van der Waals surface area contributed by atoms with Gasteiger partial charge in [0.05, 0.1) is 0 Å². The highest BCUT2D eigenvalue weighted by atomic mass is 16.6. The Morgan fingerprint density at radius 2 is 1.90 bits per heavy atom. The SMILES string of the molecule is CCC[C@@](C)(C(=O)O)N(C)C(=O)OCc1ccccc1. The van der Waals surface area contributed by atoms with Gasteiger partial charge in [-0.1, -0.05) is 43.7 Å². The predicted molar refractivity (Wildman–Crippen MR) is 75.3 cm³/mol. The monoisotopic (exact) mass is 279 g/mol. The van der Waals surface area contributed by atoms with Gasteiger partial charge in [0.15, 0.2) is 0 Å². The molecule has 1 N–H and O–H groups in total. The number of carboxylic acid groups (broad SMARTS) is 1. The first-order chi connectivity index (χ1) is 9.41. The van der Waals surface area contributed by atoms with Gasteiger partial charge in [-0.3, -0.25) is 4.90 Å². The highest BCUT2D eigenvalue weighted by Gasteiger charge is 2.40. The molecule has 0 aliphatic heterocycles. The molecule has 0 radical (unpaired) electrons. The van der Waals surface area contributed by atoms with Crippen molar-refractivity contribution in [2.24, 2.45) is 0 Å². The zero-order valence-electron chi connectivity index (χ0n) is 12.1. The lowest BCUT2D eigenvalue weighted by molar-refractivity contribution is -0.149. The standard InChI is InChI=1S/C15H21NO4/c1-4-10-15(2,13(17)18)16(3)14(19)20-11-12-8-6-5-7-9-12/h5-9H,4,10-11H2,1-3H3,(H,17,18)/t15-/m0/s1. The summed E-state index contributed by atoms with van der Waals surface area (Å²) in [5, 5.41) is 9.32. The number of nitrogens with zero attached hydrogens (tertiary/aromatic N) is 1. The number of aliphatic carboxylic acids is 1. The molecule has 1 aromatic carbocycles. The van der Waals surface area contributed by atoms with Crippen LogP contribution in [0.4, 0.5) is 4.79 Å². The topological polar surface area (TPSA) is 66.8 Å². The minimum atomic E-state index is -1.25. The van der Waals surface area contributed by atoms with E-state index in [2.05, 4.69) is 0 Å². The third-order valence-corrected chi connectivity index (χ3v) is 3.42. The van der Waals surface area contributed by atoms with Crippen LogP contribution in [-0.2, 0) is 16.1 Å². The lowest BCUT2D eigenvalue weighted by Crippen LogP contribution is -2.53. The van der Waals surface area contributed by atoms with Crippen LogP contribution in [-0.4, -0.2) is 34.7 Å². The summed E-state index contributed by atoms with van der Waals surface area (Å²) in [6.45, 7) is 3.54. The summed E-state index contributed by atoms with van der Waals surface area (Å²) in [4.78, 5) is 24.5. The molecule has 5 heteroatoms. The maximum absolute atomic E-state index is 12.0. The van der Waals surface area contributed by atoms with E-state index >= 15 is 0 Å². The fourth-order valence-electron chi connectivity index (χ4n) is 1.92. The Hall–Kier alpha value is -2.04. The average molecular weight is 279 g/mol. The molecule has 0 aromatic heterocycles. The summed E-state index contributed by atoms with van der Waals surface area (Å²) >= 11 is 0. The fraction of sp³-hybridized carbons (Fsp3) is 0.467. The van der Waals surface area contributed by atoms with Crippen molar-refractivity contribution in [2.45, 2.75) is 38.8 Å². The molecule has 5 nitrogen and oxygen atoms in total. The van der Waals surface area contributed by atoms with Gasteiger partial charge in [-0.25, -0.2) is 9.59 Å². The van der Waals surface area contributed by atoms with Gasteiger partial charge in [0, 0.05) is 7.05 Å². The van der Waals surface area contributed by atoms with Crippen molar-refractivity contribution in [1.82, 2.24) is 4.90 Å². The van der Waals surface area contributed by atoms with Crippen molar-refractivity contribution in [3.05, 3.63) is 35.9 Å². The molecule has 0 heterocycles. The third kappa shape index (κ3) is 3.73. The van der Waals surface area contributed by atoms with E-state index in [1.165, 1.54) is 14.0 Å². The number of ether oxygens (including phenoxy) is 1. The van der Waals surface area contributed by atoms with E-state index in [1.807, 2.05) is 37.3 Å². The summed E-state index contributed by atoms with van der Waals surface area (Å²) < 4.78 is 5.16. The number of likely N-dealkylation sites (N-methyl/N-ethyl adjacent to an activating group) is 1. The van der Waals surface area contributed by atoms with Crippen LogP contribution < -0.4 is 0 Å². The molecular weight excluding hydrogens is 258 g/mol. The summed E-state index contributed by atoms with van der Waals surface area (Å²) in [6.07, 6.45) is 0.408. The second-order valence-corrected chi connectivity index (χ2v) is 4.93. The van der Waals surface area contributed by atoms with Gasteiger partial charge in [-0.05, 0) is 18.9 Å². The first-order valence-corrected chi connectivity index (χ1v) is 6.59. The molecule has 20 heavy (non-hydrogen) atoms. The highest BCUT2D eigenvalue weighted by Crippen LogP contribution is 2.21. The Bertz CT molecular complexity index is 460. The average Bonchev–Trinajstić information content (AvgIpc) is 2.45. The van der Waals surface area contributed by atoms with Gasteiger partial charge >= 0.3 is 12.1 Å². The maximum atomic E-state index is 12.0. The number of hydrogen-bond acceptors (Lipinski definition) is 3. The van der Waals surface area contributed by atoms with Crippen LogP contribution in [0.3, 0.4) is 0 Å². The van der Waals surface area contributed by atoms with E-state index in [9.17, 15) is 14.7 Å². The molecule has 0 unspecified atom stereocenters. The van der Waals surface area contributed by atoms with Crippen molar-refractivity contribution >= 4 is 12.1 Å². The molecule has 110 valence electrons. The Labute approximate surface area is 119 Å². The molecule has 1 rings (SSSR count). The Kier molecular flexibility index (Phi) is 5.55. The van der Waals surface area contributed by atoms with Gasteiger partial charge in [0.25, 0.3) is 0 Å². The van der Waals surface area contributed by atoms with Crippen molar-refractivity contribution in [3.8, 4) is 0 Å². The quantitative estimate of drug-likeness (QED) is 0.869. The minimum absolute atomic E-state index is 0.131. The summed E-state index contributed by atoms with van der Waals surface area (Å²) in [5.74, 6) is -1.03. The van der Waals surface area contributed by atoms with Gasteiger partial charge < -0.3 is 9.84 Å². The molecule has 0 saturated heterocycles. The van der Waals surface area contributed by atoms with Gasteiger partial charge in [0.2, 0.25) is 0 Å². The molecule has 1 aromatic rings. The Morgan fingerprint density at radius 1 is 1.30 bits per heavy atom. The summed E-state index contributed by atoms with van der Waals surface area (Å²) in [7, 11) is 1.46. The molecule has 0 aliphatic rings. The van der Waals surface area contributed by atoms with E-state index in [1.54, 1.807) is 0 Å². The molecule has 0 aliphatic carbocycles. The number of amides is 1. The number of carboxylic acids is 1. The van der Waals surface area contributed by atoms with Crippen LogP contribution in [0.15, 0.2) is 30.3 Å². The number of hydrogen-bond donors (Lipinski definition) is 1. The highest BCUT2D eigenvalue weighted by molar-refractivity contribution is 5.83. The van der Waals surface area contributed by atoms with Crippen LogP contribution in [0.5, 0.6) is 0 Å². The molecular formula is C15H21NO4. The number of carbonyl (C=O) groups is 2. The Morgan fingerprint density at radius 3 is 2.40 bits per heavy atom. The lowest BCUT2D eigenvalue weighted by atomic mass is 9.95. The Balaban J connectivity index is 2.68. The second kappa shape index (κ2) is 6.93. The number of rotatable bonds is 6. The zero-order valence-corrected chi connectivity index (χ0v) is 12.1. The molecule has 0 bridgehead atoms. The van der Waals surface area contributed by atoms with E-state index in [4.69, 9.17) is 4.74 Å². The number of carbonyl (C=O) groups excluding carboxylic acids is 1. The molecule has 0 fully saturated rings. The van der Waals surface area contributed by atoms with Gasteiger partial charge in [-0.2, -0.15) is 0 Å². The number of benzene rings is 1. The van der Waals surface area contributed by atoms with Crippen LogP contribution >= 0.6 is 0 Å². The molecule has 1 amide bonds. The molecule has 1 atom stereocenters. The van der Waals surface area contributed by atoms with Crippen LogP contribution in [0, 0.1) is 0 Å². The first-order valence-electron chi connectivity index (χ1n) is 6.59. The van der Waals surface area contributed by atoms with Crippen molar-refractivity contribution < 1.29 is 19.4 Å². The minimum Gasteiger partial charge on any atom is -0.480 e. The predicted octanol–water partition coefficient (Wildman–Crippen LogP) is 2.90. The fourth-order valence-corrected chi connectivity index (χ4v) is 1.92. The second-order valence-electron chi connectivity index (χ2n) is 4.93. The summed E-state index contributed by atoms with van der Waals surface area (Å²) in [5.41, 5.74) is -0.385. The van der Waals surface area contributed by atoms with Crippen molar-refractivity contribution in [2.75, 3.05) is 7.05 Å². The van der Waals surface area contributed by atoms with E-state index in [0.717, 1.165) is 10.5 Å². The van der Waals surface area contributed by atoms with Crippen LogP contribution in [0.25, 0.3) is 0 Å². The van der Waals surface area contributed by atoms with E-state index in [0.29, 0.717) is 12.8 Å². The van der Waals surface area contributed by atoms with E-state index in [-0.39, 0.29) is 6.61 Å². The van der Waals surface area contributed by atoms with E-state index < -0.39 is 17.6 Å². The molecule has 0 saturated carbocycles. The van der Waals surface area contributed by atoms with Gasteiger partial charge in [-0.15, -0.1) is 0 Å². The molecule has 0 spiro atoms. The van der Waals surface area contributed by atoms with Gasteiger partial charge in [0.1, 0.15) is 12.1 Å². The maximum Gasteiger partial charge on any atom is 0.410 e. The summed E-state index contributed by atoms with van der Waals surface area (Å²) in [6, 6.07) is 9.27. The van der Waals surface area contributed by atoms with Crippen LogP contribution in [0.1, 0.15) is 32.3 Å². The zero-order chi connectivity index (χ0) is 15.2.